The molecule has 1 aliphatic rings. The SMILES string of the molecule is COC(=O)P1CC1. The highest BCUT2D eigenvalue weighted by Gasteiger charge is 2.29. The number of methoxy groups -OCH3 is 1. The highest BCUT2D eigenvalue weighted by Crippen LogP contribution is 2.51. The minimum Gasteiger partial charge on any atom is -0.466 e. The first-order chi connectivity index (χ1) is 3.34. The molecule has 1 saturated heterocycles. The largest absolute Gasteiger partial charge is 0.466 e. The second-order valence-corrected chi connectivity index (χ2v) is 3.80. The monoisotopic (exact) mass is 118 g/mol. The van der Waals surface area contributed by atoms with Gasteiger partial charge in [-0.15, -0.1) is 0 Å². The number of rotatable bonds is 1. The van der Waals surface area contributed by atoms with Crippen LogP contribution in [0.25, 0.3) is 0 Å². The molecule has 1 fully saturated rings. The molecule has 0 aromatic heterocycles. The van der Waals surface area contributed by atoms with Gasteiger partial charge in [0.15, 0.2) is 0 Å². The molecule has 1 rings (SSSR count). The van der Waals surface area contributed by atoms with E-state index in [1.54, 1.807) is 0 Å². The predicted octanol–water partition coefficient (Wildman–Crippen LogP) is 1.25. The molecule has 0 amide bonds. The first-order valence-corrected chi connectivity index (χ1v) is 3.88. The maximum atomic E-state index is 10.4. The molecule has 0 atom stereocenters. The van der Waals surface area contributed by atoms with E-state index in [9.17, 15) is 4.79 Å². The van der Waals surface area contributed by atoms with E-state index < -0.39 is 0 Å². The molecule has 7 heavy (non-hydrogen) atoms. The summed E-state index contributed by atoms with van der Waals surface area (Å²) in [6.07, 6.45) is 2.20. The van der Waals surface area contributed by atoms with Crippen molar-refractivity contribution in [3.63, 3.8) is 0 Å². The van der Waals surface area contributed by atoms with Crippen molar-refractivity contribution >= 4 is 13.6 Å². The summed E-state index contributed by atoms with van der Waals surface area (Å²) < 4.78 is 4.46. The molecule has 3 heteroatoms. The molecular formula is C4H7O2P. The van der Waals surface area contributed by atoms with Crippen molar-refractivity contribution in [3.05, 3.63) is 0 Å². The Morgan fingerprint density at radius 2 is 2.29 bits per heavy atom. The van der Waals surface area contributed by atoms with Crippen LogP contribution < -0.4 is 0 Å². The lowest BCUT2D eigenvalue weighted by atomic mass is 11.0. The van der Waals surface area contributed by atoms with E-state index >= 15 is 0 Å². The van der Waals surface area contributed by atoms with Crippen molar-refractivity contribution in [2.75, 3.05) is 19.4 Å². The third-order valence-corrected chi connectivity index (χ3v) is 2.47. The number of carbonyl (C=O) groups excluding carboxylic acids is 1. The van der Waals surface area contributed by atoms with Gasteiger partial charge in [-0.3, -0.25) is 0 Å². The molecule has 0 aromatic rings. The van der Waals surface area contributed by atoms with Gasteiger partial charge in [0.2, 0.25) is 0 Å². The summed E-state index contributed by atoms with van der Waals surface area (Å²) in [4.78, 5) is 10.4. The van der Waals surface area contributed by atoms with E-state index in [2.05, 4.69) is 4.74 Å². The molecule has 0 spiro atoms. The van der Waals surface area contributed by atoms with Crippen LogP contribution >= 0.6 is 7.92 Å². The van der Waals surface area contributed by atoms with Crippen LogP contribution in [0.3, 0.4) is 0 Å². The van der Waals surface area contributed by atoms with Gasteiger partial charge in [-0.05, 0) is 12.3 Å². The van der Waals surface area contributed by atoms with Crippen LogP contribution in [0.1, 0.15) is 0 Å². The van der Waals surface area contributed by atoms with Crippen LogP contribution in [0.2, 0.25) is 0 Å². The Bertz CT molecular complexity index is 87.7. The summed E-state index contributed by atoms with van der Waals surface area (Å²) in [5, 5.41) is 0. The van der Waals surface area contributed by atoms with E-state index in [0.29, 0.717) is 0 Å². The molecule has 0 radical (unpaired) electrons. The van der Waals surface area contributed by atoms with Gasteiger partial charge in [0.1, 0.15) is 0 Å². The fraction of sp³-hybridized carbons (Fsp3) is 0.750. The Labute approximate surface area is 43.6 Å². The summed E-state index contributed by atoms with van der Waals surface area (Å²) >= 11 is 0. The summed E-state index contributed by atoms with van der Waals surface area (Å²) in [7, 11) is 1.17. The van der Waals surface area contributed by atoms with Gasteiger partial charge in [0.25, 0.3) is 0 Å². The smallest absolute Gasteiger partial charge is 0.325 e. The lowest BCUT2D eigenvalue weighted by Gasteiger charge is -1.89. The van der Waals surface area contributed by atoms with Gasteiger partial charge in [-0.1, -0.05) is 0 Å². The second-order valence-electron chi connectivity index (χ2n) is 1.46. The lowest BCUT2D eigenvalue weighted by molar-refractivity contribution is 0.199. The van der Waals surface area contributed by atoms with Crippen LogP contribution in [-0.4, -0.2) is 25.1 Å². The fourth-order valence-corrected chi connectivity index (χ4v) is 1.39. The zero-order valence-electron chi connectivity index (χ0n) is 4.18. The highest BCUT2D eigenvalue weighted by atomic mass is 31.1. The van der Waals surface area contributed by atoms with Gasteiger partial charge in [-0.2, -0.15) is 0 Å². The number of ether oxygens (including phenoxy) is 1. The minimum absolute atomic E-state index is 0.0231. The van der Waals surface area contributed by atoms with E-state index in [1.165, 1.54) is 7.11 Å². The van der Waals surface area contributed by atoms with Crippen LogP contribution in [0, 0.1) is 0 Å². The number of hydrogen-bond donors (Lipinski definition) is 0. The van der Waals surface area contributed by atoms with Crippen molar-refractivity contribution in [2.45, 2.75) is 0 Å². The minimum atomic E-state index is -0.273. The molecule has 0 bridgehead atoms. The van der Waals surface area contributed by atoms with Gasteiger partial charge in [0, 0.05) is 7.92 Å². The zero-order chi connectivity index (χ0) is 5.28. The standard InChI is InChI=1S/C4H7O2P/c1-6-4(5)7-2-3-7/h2-3H2,1H3. The van der Waals surface area contributed by atoms with Crippen molar-refractivity contribution in [2.24, 2.45) is 0 Å². The Balaban J connectivity index is 2.24. The Kier molecular flexibility index (Phi) is 1.29. The third kappa shape index (κ3) is 1.13. The average Bonchev–Trinajstić information content (AvgIpc) is 2.44. The molecule has 0 saturated carbocycles. The molecule has 1 aliphatic heterocycles. The summed E-state index contributed by atoms with van der Waals surface area (Å²) in [6.45, 7) is 0. The predicted molar refractivity (Wildman–Crippen MR) is 29.1 cm³/mol. The topological polar surface area (TPSA) is 26.3 Å². The Morgan fingerprint density at radius 1 is 1.71 bits per heavy atom. The second kappa shape index (κ2) is 1.79. The molecule has 40 valence electrons. The van der Waals surface area contributed by atoms with E-state index in [1.807, 2.05) is 0 Å². The normalized spacial score (nSPS) is 19.0. The van der Waals surface area contributed by atoms with Crippen LogP contribution in [-0.2, 0) is 4.74 Å². The Hall–Kier alpha value is -0.100. The molecular weight excluding hydrogens is 111 g/mol. The van der Waals surface area contributed by atoms with Gasteiger partial charge in [0.05, 0.1) is 7.11 Å². The van der Waals surface area contributed by atoms with Crippen molar-refractivity contribution in [1.29, 1.82) is 0 Å². The maximum Gasteiger partial charge on any atom is 0.325 e. The summed E-state index contributed by atoms with van der Waals surface area (Å²) in [5.41, 5.74) is 0.0231. The molecule has 2 nitrogen and oxygen atoms in total. The Morgan fingerprint density at radius 3 is 2.43 bits per heavy atom. The van der Waals surface area contributed by atoms with Gasteiger partial charge < -0.3 is 4.74 Å². The molecule has 0 aliphatic carbocycles. The van der Waals surface area contributed by atoms with E-state index in [0.717, 1.165) is 12.3 Å². The molecule has 0 N–H and O–H groups in total. The van der Waals surface area contributed by atoms with Crippen LogP contribution in [0.4, 0.5) is 4.79 Å². The summed E-state index contributed by atoms with van der Waals surface area (Å²) in [5.74, 6) is 0. The van der Waals surface area contributed by atoms with E-state index in [4.69, 9.17) is 0 Å². The molecule has 0 unspecified atom stereocenters. The maximum absolute atomic E-state index is 10.4. The summed E-state index contributed by atoms with van der Waals surface area (Å²) in [6, 6.07) is 0. The van der Waals surface area contributed by atoms with Crippen molar-refractivity contribution in [1.82, 2.24) is 0 Å². The highest BCUT2D eigenvalue weighted by molar-refractivity contribution is 7.80. The molecule has 1 heterocycles. The number of hydrogen-bond acceptors (Lipinski definition) is 2. The number of carbonyl (C=O) groups is 1. The molecule has 0 aromatic carbocycles. The third-order valence-electron chi connectivity index (χ3n) is 0.880. The van der Waals surface area contributed by atoms with Gasteiger partial charge >= 0.3 is 5.71 Å². The van der Waals surface area contributed by atoms with E-state index in [-0.39, 0.29) is 13.6 Å². The van der Waals surface area contributed by atoms with Crippen molar-refractivity contribution < 1.29 is 9.53 Å². The van der Waals surface area contributed by atoms with Crippen molar-refractivity contribution in [3.8, 4) is 0 Å². The lowest BCUT2D eigenvalue weighted by Crippen LogP contribution is -1.85. The van der Waals surface area contributed by atoms with Gasteiger partial charge in [-0.25, -0.2) is 4.79 Å². The first-order valence-electron chi connectivity index (χ1n) is 2.17. The fourth-order valence-electron chi connectivity index (χ4n) is 0.362. The average molecular weight is 118 g/mol. The van der Waals surface area contributed by atoms with Crippen LogP contribution in [0.5, 0.6) is 0 Å². The zero-order valence-corrected chi connectivity index (χ0v) is 5.07. The quantitative estimate of drug-likeness (QED) is 0.484. The van der Waals surface area contributed by atoms with Crippen LogP contribution in [0.15, 0.2) is 0 Å². The first kappa shape index (κ1) is 5.04.